The van der Waals surface area contributed by atoms with Crippen LogP contribution in [0, 0.1) is 29.1 Å². The van der Waals surface area contributed by atoms with E-state index in [9.17, 15) is 37.0 Å². The Kier molecular flexibility index (Phi) is 8.26. The summed E-state index contributed by atoms with van der Waals surface area (Å²) in [5, 5.41) is 19.8. The van der Waals surface area contributed by atoms with E-state index < -0.39 is 64.6 Å². The summed E-state index contributed by atoms with van der Waals surface area (Å²) in [6, 6.07) is 7.90. The molecule has 1 unspecified atom stereocenters. The van der Waals surface area contributed by atoms with E-state index in [-0.39, 0.29) is 13.0 Å². The molecular weight excluding hydrogens is 425 g/mol. The number of halogens is 5. The van der Waals surface area contributed by atoms with Crippen LogP contribution in [-0.4, -0.2) is 41.7 Å². The molecular formula is C21H18F5NO4. The van der Waals surface area contributed by atoms with Crippen molar-refractivity contribution in [2.75, 3.05) is 13.2 Å². The fourth-order valence-corrected chi connectivity index (χ4v) is 2.60. The van der Waals surface area contributed by atoms with Gasteiger partial charge in [0.1, 0.15) is 11.3 Å². The van der Waals surface area contributed by atoms with Gasteiger partial charge in [0.15, 0.2) is 23.3 Å². The number of ether oxygens (including phenoxy) is 1. The van der Waals surface area contributed by atoms with Crippen LogP contribution in [0.5, 0.6) is 0 Å². The molecule has 0 aliphatic heterocycles. The molecule has 166 valence electrons. The zero-order valence-corrected chi connectivity index (χ0v) is 16.2. The first-order chi connectivity index (χ1) is 14.7. The normalized spacial score (nSPS) is 13.3. The van der Waals surface area contributed by atoms with Crippen LogP contribution >= 0.6 is 0 Å². The minimum atomic E-state index is -2.42. The second-order valence-corrected chi connectivity index (χ2v) is 6.23. The van der Waals surface area contributed by atoms with Gasteiger partial charge >= 0.3 is 5.97 Å². The van der Waals surface area contributed by atoms with Gasteiger partial charge in [-0.2, -0.15) is 0 Å². The number of aliphatic hydroxyl groups excluding tert-OH is 2. The molecule has 2 rings (SSSR count). The highest BCUT2D eigenvalue weighted by Crippen LogP contribution is 2.29. The Balaban J connectivity index is 2.55. The molecule has 2 aromatic carbocycles. The van der Waals surface area contributed by atoms with Crippen LogP contribution in [0.1, 0.15) is 18.1 Å². The summed E-state index contributed by atoms with van der Waals surface area (Å²) in [4.78, 5) is 16.1. The van der Waals surface area contributed by atoms with Crippen LogP contribution in [0.3, 0.4) is 0 Å². The molecule has 0 aliphatic carbocycles. The van der Waals surface area contributed by atoms with E-state index in [1.807, 2.05) is 0 Å². The summed E-state index contributed by atoms with van der Waals surface area (Å²) < 4.78 is 73.1. The molecule has 2 N–H and O–H groups in total. The standard InChI is InChI=1S/C21H18F5NO4/c1-2-31-21(30)13(9-27-12(10-28)8-11-6-4-3-5-7-11)20(29)14-15(22)17(24)19(26)18(25)16(14)23/h3-7,9,12,28-29H,2,8,10H2,1H3/b20-13+,27-9?. The molecule has 2 aromatic rings. The molecule has 0 radical (unpaired) electrons. The highest BCUT2D eigenvalue weighted by molar-refractivity contribution is 6.15. The summed E-state index contributed by atoms with van der Waals surface area (Å²) in [5.41, 5.74) is -1.88. The average Bonchev–Trinajstić information content (AvgIpc) is 2.76. The molecule has 0 aliphatic rings. The van der Waals surface area contributed by atoms with Gasteiger partial charge < -0.3 is 14.9 Å². The maximum atomic E-state index is 14.1. The molecule has 10 heteroatoms. The summed E-state index contributed by atoms with van der Waals surface area (Å²) in [7, 11) is 0. The Hall–Kier alpha value is -3.27. The SMILES string of the molecule is CCOC(=O)/C(C=NC(CO)Cc1ccccc1)=C(/O)c1c(F)c(F)c(F)c(F)c1F. The minimum Gasteiger partial charge on any atom is -0.506 e. The fraction of sp³-hybridized carbons (Fsp3) is 0.238. The molecule has 31 heavy (non-hydrogen) atoms. The van der Waals surface area contributed by atoms with Crippen molar-refractivity contribution in [3.63, 3.8) is 0 Å². The lowest BCUT2D eigenvalue weighted by Crippen LogP contribution is -2.18. The largest absolute Gasteiger partial charge is 0.506 e. The highest BCUT2D eigenvalue weighted by Gasteiger charge is 2.30. The number of hydrogen-bond donors (Lipinski definition) is 2. The van der Waals surface area contributed by atoms with Gasteiger partial charge in [-0.3, -0.25) is 4.99 Å². The Morgan fingerprint density at radius 3 is 2.10 bits per heavy atom. The van der Waals surface area contributed by atoms with Gasteiger partial charge in [0.2, 0.25) is 5.82 Å². The molecule has 0 spiro atoms. The molecule has 0 fully saturated rings. The van der Waals surface area contributed by atoms with Gasteiger partial charge in [-0.25, -0.2) is 26.7 Å². The minimum absolute atomic E-state index is 0.202. The van der Waals surface area contributed by atoms with E-state index in [1.165, 1.54) is 6.92 Å². The zero-order chi connectivity index (χ0) is 23.1. The van der Waals surface area contributed by atoms with E-state index in [0.29, 0.717) is 6.21 Å². The van der Waals surface area contributed by atoms with E-state index >= 15 is 0 Å². The molecule has 5 nitrogen and oxygen atoms in total. The van der Waals surface area contributed by atoms with Crippen LogP contribution < -0.4 is 0 Å². The van der Waals surface area contributed by atoms with Crippen molar-refractivity contribution in [2.24, 2.45) is 4.99 Å². The number of rotatable bonds is 8. The van der Waals surface area contributed by atoms with E-state index in [1.54, 1.807) is 30.3 Å². The van der Waals surface area contributed by atoms with Crippen molar-refractivity contribution in [2.45, 2.75) is 19.4 Å². The number of nitrogens with zero attached hydrogens (tertiary/aromatic N) is 1. The fourth-order valence-electron chi connectivity index (χ4n) is 2.60. The second kappa shape index (κ2) is 10.7. The predicted molar refractivity (Wildman–Crippen MR) is 102 cm³/mol. The van der Waals surface area contributed by atoms with Gasteiger partial charge in [0.25, 0.3) is 0 Å². The Labute approximate surface area is 174 Å². The van der Waals surface area contributed by atoms with Crippen molar-refractivity contribution >= 4 is 17.9 Å². The molecule has 0 saturated carbocycles. The summed E-state index contributed by atoms with van der Waals surface area (Å²) in [5.74, 6) is -14.5. The van der Waals surface area contributed by atoms with E-state index in [4.69, 9.17) is 0 Å². The van der Waals surface area contributed by atoms with Gasteiger partial charge in [0, 0.05) is 6.21 Å². The Morgan fingerprint density at radius 2 is 1.58 bits per heavy atom. The van der Waals surface area contributed by atoms with Crippen LogP contribution in [0.25, 0.3) is 5.76 Å². The molecule has 1 atom stereocenters. The first kappa shape index (κ1) is 24.0. The van der Waals surface area contributed by atoms with Crippen LogP contribution in [-0.2, 0) is 16.0 Å². The van der Waals surface area contributed by atoms with E-state index in [2.05, 4.69) is 9.73 Å². The number of hydrogen-bond acceptors (Lipinski definition) is 5. The van der Waals surface area contributed by atoms with Crippen LogP contribution in [0.15, 0.2) is 40.9 Å². The van der Waals surface area contributed by atoms with Crippen LogP contribution in [0.2, 0.25) is 0 Å². The molecule has 0 bridgehead atoms. The topological polar surface area (TPSA) is 79.1 Å². The average molecular weight is 443 g/mol. The lowest BCUT2D eigenvalue weighted by atomic mass is 10.1. The summed E-state index contributed by atoms with van der Waals surface area (Å²) in [6.07, 6.45) is 0.864. The number of aliphatic hydroxyl groups is 2. The predicted octanol–water partition coefficient (Wildman–Crippen LogP) is 3.89. The number of esters is 1. The lowest BCUT2D eigenvalue weighted by molar-refractivity contribution is -0.137. The van der Waals surface area contributed by atoms with Crippen molar-refractivity contribution in [3.8, 4) is 0 Å². The quantitative estimate of drug-likeness (QED) is 0.123. The van der Waals surface area contributed by atoms with Gasteiger partial charge in [-0.1, -0.05) is 30.3 Å². The van der Waals surface area contributed by atoms with Crippen LogP contribution in [0.4, 0.5) is 22.0 Å². The van der Waals surface area contributed by atoms with Crippen molar-refractivity contribution in [1.29, 1.82) is 0 Å². The highest BCUT2D eigenvalue weighted by atomic mass is 19.2. The van der Waals surface area contributed by atoms with Crippen molar-refractivity contribution < 1.29 is 41.7 Å². The number of carbonyl (C=O) groups excluding carboxylic acids is 1. The number of carbonyl (C=O) groups is 1. The summed E-state index contributed by atoms with van der Waals surface area (Å²) in [6.45, 7) is 0.687. The third kappa shape index (κ3) is 5.46. The lowest BCUT2D eigenvalue weighted by Gasteiger charge is -2.12. The van der Waals surface area contributed by atoms with Gasteiger partial charge in [-0.15, -0.1) is 0 Å². The maximum absolute atomic E-state index is 14.1. The monoisotopic (exact) mass is 443 g/mol. The first-order valence-corrected chi connectivity index (χ1v) is 9.02. The van der Waals surface area contributed by atoms with E-state index in [0.717, 1.165) is 5.56 Å². The van der Waals surface area contributed by atoms with Gasteiger partial charge in [-0.05, 0) is 18.9 Å². The third-order valence-electron chi connectivity index (χ3n) is 4.14. The zero-order valence-electron chi connectivity index (χ0n) is 16.2. The Morgan fingerprint density at radius 1 is 1.03 bits per heavy atom. The smallest absolute Gasteiger partial charge is 0.343 e. The van der Waals surface area contributed by atoms with Gasteiger partial charge in [0.05, 0.1) is 24.8 Å². The Bertz CT molecular complexity index is 980. The number of benzene rings is 2. The van der Waals surface area contributed by atoms with Crippen molar-refractivity contribution in [3.05, 3.63) is 76.1 Å². The molecule has 0 amide bonds. The van der Waals surface area contributed by atoms with Crippen molar-refractivity contribution in [1.82, 2.24) is 0 Å². The molecule has 0 aromatic heterocycles. The number of aliphatic imine (C=N–C) groups is 1. The molecule has 0 saturated heterocycles. The summed E-state index contributed by atoms with van der Waals surface area (Å²) >= 11 is 0. The third-order valence-corrected chi connectivity index (χ3v) is 4.14. The maximum Gasteiger partial charge on any atom is 0.343 e. The first-order valence-electron chi connectivity index (χ1n) is 9.02. The molecule has 0 heterocycles. The second-order valence-electron chi connectivity index (χ2n) is 6.23.